The lowest BCUT2D eigenvalue weighted by Crippen LogP contribution is -2.20. The lowest BCUT2D eigenvalue weighted by Gasteiger charge is -2.13. The van der Waals surface area contributed by atoms with E-state index in [1.807, 2.05) is 13.8 Å². The lowest BCUT2D eigenvalue weighted by atomic mass is 10.2. The maximum Gasteiger partial charge on any atom is 0.308 e. The summed E-state index contributed by atoms with van der Waals surface area (Å²) in [7, 11) is 1.37. The molecular weight excluding hydrogens is 172 g/mol. The predicted molar refractivity (Wildman–Crippen MR) is 46.1 cm³/mol. The van der Waals surface area contributed by atoms with Gasteiger partial charge in [0.15, 0.2) is 6.29 Å². The Kier molecular flexibility index (Phi) is 3.69. The van der Waals surface area contributed by atoms with Gasteiger partial charge < -0.3 is 14.2 Å². The van der Waals surface area contributed by atoms with E-state index in [2.05, 4.69) is 4.74 Å². The summed E-state index contributed by atoms with van der Waals surface area (Å²) in [4.78, 5) is 10.9. The van der Waals surface area contributed by atoms with Gasteiger partial charge in [-0.15, -0.1) is 0 Å². The molecule has 0 amide bonds. The molecule has 1 rings (SSSR count). The molecular formula is C9H16O4. The number of ether oxygens (including phenoxy) is 3. The van der Waals surface area contributed by atoms with Crippen LogP contribution in [0.25, 0.3) is 0 Å². The summed E-state index contributed by atoms with van der Waals surface area (Å²) in [5.41, 5.74) is 0. The molecule has 0 radical (unpaired) electrons. The molecule has 0 aliphatic carbocycles. The third kappa shape index (κ3) is 2.97. The number of methoxy groups -OCH3 is 1. The molecule has 0 aromatic heterocycles. The summed E-state index contributed by atoms with van der Waals surface area (Å²) < 4.78 is 15.3. The molecule has 0 spiro atoms. The molecule has 0 N–H and O–H groups in total. The summed E-state index contributed by atoms with van der Waals surface area (Å²) >= 11 is 0. The molecule has 4 heteroatoms. The highest BCUT2D eigenvalue weighted by molar-refractivity contribution is 5.69. The molecule has 0 bridgehead atoms. The Labute approximate surface area is 78.2 Å². The van der Waals surface area contributed by atoms with Crippen LogP contribution in [0.4, 0.5) is 0 Å². The number of esters is 1. The van der Waals surface area contributed by atoms with Crippen molar-refractivity contribution in [3.05, 3.63) is 0 Å². The molecule has 1 aliphatic heterocycles. The van der Waals surface area contributed by atoms with Crippen LogP contribution in [0, 0.1) is 5.92 Å². The molecule has 2 atom stereocenters. The van der Waals surface area contributed by atoms with E-state index in [1.54, 1.807) is 0 Å². The minimum Gasteiger partial charge on any atom is -0.469 e. The largest absolute Gasteiger partial charge is 0.469 e. The molecule has 0 saturated carbocycles. The quantitative estimate of drug-likeness (QED) is 0.618. The second-order valence-electron chi connectivity index (χ2n) is 3.48. The second kappa shape index (κ2) is 4.58. The van der Waals surface area contributed by atoms with Crippen LogP contribution in [-0.2, 0) is 19.0 Å². The molecule has 0 aromatic carbocycles. The number of rotatable bonds is 3. The SMILES string of the molecule is COC(=O)CC1COC(C(C)C)O1. The zero-order chi connectivity index (χ0) is 9.84. The van der Waals surface area contributed by atoms with E-state index in [0.717, 1.165) is 0 Å². The van der Waals surface area contributed by atoms with E-state index >= 15 is 0 Å². The van der Waals surface area contributed by atoms with Crippen molar-refractivity contribution in [1.29, 1.82) is 0 Å². The highest BCUT2D eigenvalue weighted by atomic mass is 16.7. The van der Waals surface area contributed by atoms with Crippen molar-refractivity contribution in [3.63, 3.8) is 0 Å². The van der Waals surface area contributed by atoms with Crippen LogP contribution in [0.15, 0.2) is 0 Å². The fraction of sp³-hybridized carbons (Fsp3) is 0.889. The number of hydrogen-bond acceptors (Lipinski definition) is 4. The molecule has 1 heterocycles. The first kappa shape index (κ1) is 10.5. The van der Waals surface area contributed by atoms with Gasteiger partial charge in [-0.3, -0.25) is 4.79 Å². The molecule has 76 valence electrons. The third-order valence-corrected chi connectivity index (χ3v) is 1.94. The van der Waals surface area contributed by atoms with Crippen molar-refractivity contribution < 1.29 is 19.0 Å². The van der Waals surface area contributed by atoms with Crippen molar-refractivity contribution in [2.24, 2.45) is 5.92 Å². The maximum absolute atomic E-state index is 10.9. The zero-order valence-electron chi connectivity index (χ0n) is 8.28. The van der Waals surface area contributed by atoms with Gasteiger partial charge >= 0.3 is 5.97 Å². The Morgan fingerprint density at radius 3 is 2.77 bits per heavy atom. The van der Waals surface area contributed by atoms with Gasteiger partial charge in [-0.1, -0.05) is 13.8 Å². The maximum atomic E-state index is 10.9. The van der Waals surface area contributed by atoms with Crippen LogP contribution in [0.5, 0.6) is 0 Å². The predicted octanol–water partition coefficient (Wildman–Crippen LogP) is 0.947. The van der Waals surface area contributed by atoms with Crippen molar-refractivity contribution >= 4 is 5.97 Å². The fourth-order valence-electron chi connectivity index (χ4n) is 1.20. The standard InChI is InChI=1S/C9H16O4/c1-6(2)9-12-5-7(13-9)4-8(10)11-3/h6-7,9H,4-5H2,1-3H3. The van der Waals surface area contributed by atoms with Crippen molar-refractivity contribution in [1.82, 2.24) is 0 Å². The monoisotopic (exact) mass is 188 g/mol. The highest BCUT2D eigenvalue weighted by Gasteiger charge is 2.29. The van der Waals surface area contributed by atoms with Crippen LogP contribution < -0.4 is 0 Å². The van der Waals surface area contributed by atoms with E-state index in [0.29, 0.717) is 12.5 Å². The smallest absolute Gasteiger partial charge is 0.308 e. The summed E-state index contributed by atoms with van der Waals surface area (Å²) in [5, 5.41) is 0. The summed E-state index contributed by atoms with van der Waals surface area (Å²) in [6.45, 7) is 4.52. The molecule has 13 heavy (non-hydrogen) atoms. The van der Waals surface area contributed by atoms with Gasteiger partial charge in [-0.2, -0.15) is 0 Å². The normalized spacial score (nSPS) is 28.0. The molecule has 4 nitrogen and oxygen atoms in total. The molecule has 1 saturated heterocycles. The second-order valence-corrected chi connectivity index (χ2v) is 3.48. The van der Waals surface area contributed by atoms with Gasteiger partial charge in [0.1, 0.15) is 0 Å². The molecule has 2 unspecified atom stereocenters. The van der Waals surface area contributed by atoms with Crippen molar-refractivity contribution in [2.75, 3.05) is 13.7 Å². The molecule has 1 fully saturated rings. The average Bonchev–Trinajstić information content (AvgIpc) is 2.52. The first-order valence-corrected chi connectivity index (χ1v) is 4.47. The molecule has 1 aliphatic rings. The van der Waals surface area contributed by atoms with Gasteiger partial charge in [0.05, 0.1) is 26.2 Å². The Balaban J connectivity index is 2.29. The van der Waals surface area contributed by atoms with E-state index in [4.69, 9.17) is 9.47 Å². The first-order chi connectivity index (χ1) is 6.13. The van der Waals surface area contributed by atoms with Gasteiger partial charge in [-0.05, 0) is 0 Å². The summed E-state index contributed by atoms with van der Waals surface area (Å²) in [5.74, 6) is 0.0700. The van der Waals surface area contributed by atoms with Gasteiger partial charge in [-0.25, -0.2) is 0 Å². The topological polar surface area (TPSA) is 44.8 Å². The van der Waals surface area contributed by atoms with Crippen LogP contribution in [0.3, 0.4) is 0 Å². The van der Waals surface area contributed by atoms with Crippen LogP contribution in [0.1, 0.15) is 20.3 Å². The minimum absolute atomic E-state index is 0.139. The van der Waals surface area contributed by atoms with Crippen molar-refractivity contribution in [2.45, 2.75) is 32.7 Å². The van der Waals surface area contributed by atoms with E-state index in [-0.39, 0.29) is 24.8 Å². The van der Waals surface area contributed by atoms with E-state index < -0.39 is 0 Å². The number of carbonyl (C=O) groups is 1. The molecule has 0 aromatic rings. The van der Waals surface area contributed by atoms with Crippen LogP contribution >= 0.6 is 0 Å². The number of carbonyl (C=O) groups excluding carboxylic acids is 1. The van der Waals surface area contributed by atoms with Crippen molar-refractivity contribution in [3.8, 4) is 0 Å². The number of hydrogen-bond donors (Lipinski definition) is 0. The Morgan fingerprint density at radius 1 is 1.62 bits per heavy atom. The fourth-order valence-corrected chi connectivity index (χ4v) is 1.20. The summed E-state index contributed by atoms with van der Waals surface area (Å²) in [6, 6.07) is 0. The Morgan fingerprint density at radius 2 is 2.31 bits per heavy atom. The van der Waals surface area contributed by atoms with Gasteiger partial charge in [0.2, 0.25) is 0 Å². The lowest BCUT2D eigenvalue weighted by molar-refractivity contribution is -0.144. The van der Waals surface area contributed by atoms with Crippen LogP contribution in [-0.4, -0.2) is 32.1 Å². The summed E-state index contributed by atoms with van der Waals surface area (Å²) in [6.07, 6.45) is -0.0331. The Hall–Kier alpha value is -0.610. The first-order valence-electron chi connectivity index (χ1n) is 4.47. The highest BCUT2D eigenvalue weighted by Crippen LogP contribution is 2.20. The minimum atomic E-state index is -0.252. The zero-order valence-corrected chi connectivity index (χ0v) is 8.28. The van der Waals surface area contributed by atoms with E-state index in [9.17, 15) is 4.79 Å². The third-order valence-electron chi connectivity index (χ3n) is 1.94. The van der Waals surface area contributed by atoms with Gasteiger partial charge in [0, 0.05) is 5.92 Å². The van der Waals surface area contributed by atoms with E-state index in [1.165, 1.54) is 7.11 Å². The van der Waals surface area contributed by atoms with Gasteiger partial charge in [0.25, 0.3) is 0 Å². The van der Waals surface area contributed by atoms with Crippen LogP contribution in [0.2, 0.25) is 0 Å². The average molecular weight is 188 g/mol. The Bertz CT molecular complexity index is 178.